The third-order valence-electron chi connectivity index (χ3n) is 5.07. The third-order valence-corrected chi connectivity index (χ3v) is 5.07. The van der Waals surface area contributed by atoms with Gasteiger partial charge in [0.15, 0.2) is 0 Å². The molecule has 2 aromatic carbocycles. The lowest BCUT2D eigenvalue weighted by molar-refractivity contribution is 0.100. The van der Waals surface area contributed by atoms with Gasteiger partial charge < -0.3 is 5.73 Å². The summed E-state index contributed by atoms with van der Waals surface area (Å²) in [5.74, 6) is 0.254. The molecule has 1 fully saturated rings. The van der Waals surface area contributed by atoms with Crippen molar-refractivity contribution >= 4 is 16.8 Å². The van der Waals surface area contributed by atoms with Crippen LogP contribution in [-0.4, -0.2) is 15.7 Å². The molecule has 1 heterocycles. The van der Waals surface area contributed by atoms with Crippen molar-refractivity contribution in [3.8, 4) is 5.69 Å². The average Bonchev–Trinajstić information content (AvgIpc) is 3.06. The maximum atomic E-state index is 11.7. The molecular weight excluding hydrogens is 298 g/mol. The van der Waals surface area contributed by atoms with Crippen LogP contribution in [0.25, 0.3) is 16.6 Å². The van der Waals surface area contributed by atoms with Crippen molar-refractivity contribution in [1.82, 2.24) is 9.78 Å². The van der Waals surface area contributed by atoms with E-state index in [1.54, 1.807) is 16.9 Å². The van der Waals surface area contributed by atoms with Gasteiger partial charge in [-0.15, -0.1) is 0 Å². The molecule has 2 N–H and O–H groups in total. The van der Waals surface area contributed by atoms with E-state index in [1.807, 2.05) is 12.1 Å². The molecule has 1 aliphatic carbocycles. The van der Waals surface area contributed by atoms with Crippen LogP contribution in [0.2, 0.25) is 0 Å². The van der Waals surface area contributed by atoms with Gasteiger partial charge in [0.1, 0.15) is 0 Å². The molecule has 1 aromatic heterocycles. The number of amides is 1. The molecular formula is C20H21N3O. The minimum atomic E-state index is -0.429. The number of primary amides is 1. The predicted octanol–water partition coefficient (Wildman–Crippen LogP) is 4.17. The van der Waals surface area contributed by atoms with Crippen LogP contribution >= 0.6 is 0 Å². The number of aromatic nitrogens is 2. The number of hydrogen-bond donors (Lipinski definition) is 1. The van der Waals surface area contributed by atoms with E-state index in [1.165, 1.54) is 37.7 Å². The second-order valence-electron chi connectivity index (χ2n) is 6.59. The molecule has 4 nitrogen and oxygen atoms in total. The first-order valence-corrected chi connectivity index (χ1v) is 8.61. The van der Waals surface area contributed by atoms with Crippen molar-refractivity contribution in [2.45, 2.75) is 38.0 Å². The summed E-state index contributed by atoms with van der Waals surface area (Å²) in [5.41, 5.74) is 9.17. The fraction of sp³-hybridized carbons (Fsp3) is 0.300. The van der Waals surface area contributed by atoms with E-state index in [0.717, 1.165) is 16.6 Å². The molecule has 24 heavy (non-hydrogen) atoms. The Morgan fingerprint density at radius 1 is 1.04 bits per heavy atom. The van der Waals surface area contributed by atoms with E-state index in [9.17, 15) is 4.79 Å². The lowest BCUT2D eigenvalue weighted by atomic mass is 9.84. The fourth-order valence-corrected chi connectivity index (χ4v) is 3.80. The molecule has 4 heteroatoms. The van der Waals surface area contributed by atoms with Gasteiger partial charge in [0.25, 0.3) is 5.91 Å². The molecule has 0 spiro atoms. The monoisotopic (exact) mass is 319 g/mol. The van der Waals surface area contributed by atoms with Crippen LogP contribution in [0.4, 0.5) is 0 Å². The normalized spacial score (nSPS) is 15.7. The number of nitrogens with two attached hydrogens (primary N) is 1. The number of carbonyl (C=O) groups excluding carboxylic acids is 1. The predicted molar refractivity (Wildman–Crippen MR) is 95.4 cm³/mol. The van der Waals surface area contributed by atoms with E-state index in [4.69, 9.17) is 5.73 Å². The van der Waals surface area contributed by atoms with Crippen LogP contribution in [0.1, 0.15) is 53.9 Å². The molecule has 0 atom stereocenters. The first-order valence-electron chi connectivity index (χ1n) is 8.61. The number of fused-ring (bicyclic) bond motifs is 1. The summed E-state index contributed by atoms with van der Waals surface area (Å²) >= 11 is 0. The summed E-state index contributed by atoms with van der Waals surface area (Å²) < 4.78 is 1.81. The molecule has 0 unspecified atom stereocenters. The lowest BCUT2D eigenvalue weighted by Gasteiger charge is -2.22. The minimum Gasteiger partial charge on any atom is -0.366 e. The Morgan fingerprint density at radius 2 is 1.79 bits per heavy atom. The van der Waals surface area contributed by atoms with Crippen molar-refractivity contribution in [2.75, 3.05) is 0 Å². The standard InChI is InChI=1S/C20H21N3O/c21-20(24)18-8-4-7-16-13-22-23(19(16)18)17-11-9-15(10-12-17)14-5-2-1-3-6-14/h4,7-14H,1-3,5-6H2,(H2,21,24). The first-order chi connectivity index (χ1) is 11.7. The van der Waals surface area contributed by atoms with E-state index >= 15 is 0 Å². The summed E-state index contributed by atoms with van der Waals surface area (Å²) in [4.78, 5) is 11.7. The number of para-hydroxylation sites is 1. The van der Waals surface area contributed by atoms with Crippen LogP contribution in [0.5, 0.6) is 0 Å². The largest absolute Gasteiger partial charge is 0.366 e. The van der Waals surface area contributed by atoms with Crippen molar-refractivity contribution in [2.24, 2.45) is 5.73 Å². The number of hydrogen-bond acceptors (Lipinski definition) is 2. The number of benzene rings is 2. The van der Waals surface area contributed by atoms with Gasteiger partial charge in [-0.3, -0.25) is 4.79 Å². The second kappa shape index (κ2) is 6.11. The van der Waals surface area contributed by atoms with E-state index < -0.39 is 5.91 Å². The van der Waals surface area contributed by atoms with Crippen molar-refractivity contribution in [3.05, 3.63) is 59.8 Å². The summed E-state index contributed by atoms with van der Waals surface area (Å²) in [6, 6.07) is 14.1. The van der Waals surface area contributed by atoms with Gasteiger partial charge in [0, 0.05) is 5.39 Å². The van der Waals surface area contributed by atoms with Gasteiger partial charge in [0.2, 0.25) is 0 Å². The van der Waals surface area contributed by atoms with Crippen LogP contribution in [0.3, 0.4) is 0 Å². The Morgan fingerprint density at radius 3 is 2.50 bits per heavy atom. The molecule has 4 rings (SSSR count). The van der Waals surface area contributed by atoms with Crippen molar-refractivity contribution in [3.63, 3.8) is 0 Å². The maximum Gasteiger partial charge on any atom is 0.250 e. The van der Waals surface area contributed by atoms with Crippen LogP contribution < -0.4 is 5.73 Å². The Balaban J connectivity index is 1.74. The van der Waals surface area contributed by atoms with Gasteiger partial charge in [-0.2, -0.15) is 5.10 Å². The zero-order valence-electron chi connectivity index (χ0n) is 13.6. The third kappa shape index (κ3) is 2.58. The SMILES string of the molecule is NC(=O)c1cccc2cnn(-c3ccc(C4CCCCC4)cc3)c12. The van der Waals surface area contributed by atoms with E-state index in [2.05, 4.69) is 29.4 Å². The maximum absolute atomic E-state index is 11.7. The summed E-state index contributed by atoms with van der Waals surface area (Å²) in [7, 11) is 0. The zero-order chi connectivity index (χ0) is 16.5. The number of nitrogens with zero attached hydrogens (tertiary/aromatic N) is 2. The molecule has 1 saturated carbocycles. The molecule has 1 amide bonds. The minimum absolute atomic E-state index is 0.429. The molecule has 3 aromatic rings. The molecule has 122 valence electrons. The second-order valence-corrected chi connectivity index (χ2v) is 6.59. The quantitative estimate of drug-likeness (QED) is 0.787. The van der Waals surface area contributed by atoms with Crippen molar-refractivity contribution < 1.29 is 4.79 Å². The Hall–Kier alpha value is -2.62. The average molecular weight is 319 g/mol. The Bertz CT molecular complexity index is 874. The van der Waals surface area contributed by atoms with Crippen LogP contribution in [0.15, 0.2) is 48.7 Å². The van der Waals surface area contributed by atoms with E-state index in [0.29, 0.717) is 11.5 Å². The van der Waals surface area contributed by atoms with Crippen molar-refractivity contribution in [1.29, 1.82) is 0 Å². The topological polar surface area (TPSA) is 60.9 Å². The highest BCUT2D eigenvalue weighted by molar-refractivity contribution is 6.05. The highest BCUT2D eigenvalue weighted by Crippen LogP contribution is 2.33. The molecule has 0 aliphatic heterocycles. The summed E-state index contributed by atoms with van der Waals surface area (Å²) in [6.45, 7) is 0. The van der Waals surface area contributed by atoms with Gasteiger partial charge in [-0.1, -0.05) is 43.5 Å². The van der Waals surface area contributed by atoms with Crippen LogP contribution in [0, 0.1) is 0 Å². The lowest BCUT2D eigenvalue weighted by Crippen LogP contribution is -2.13. The van der Waals surface area contributed by atoms with Gasteiger partial charge in [0.05, 0.1) is 23.0 Å². The van der Waals surface area contributed by atoms with Crippen LogP contribution in [-0.2, 0) is 0 Å². The molecule has 0 radical (unpaired) electrons. The van der Waals surface area contributed by atoms with Gasteiger partial charge in [-0.25, -0.2) is 4.68 Å². The number of rotatable bonds is 3. The zero-order valence-corrected chi connectivity index (χ0v) is 13.6. The van der Waals surface area contributed by atoms with Gasteiger partial charge in [-0.05, 0) is 42.5 Å². The smallest absolute Gasteiger partial charge is 0.250 e. The summed E-state index contributed by atoms with van der Waals surface area (Å²) in [5, 5.41) is 5.38. The molecule has 0 saturated heterocycles. The summed E-state index contributed by atoms with van der Waals surface area (Å²) in [6.07, 6.45) is 8.38. The first kappa shape index (κ1) is 14.9. The highest BCUT2D eigenvalue weighted by atomic mass is 16.1. The Labute approximate surface area is 141 Å². The number of carbonyl (C=O) groups is 1. The van der Waals surface area contributed by atoms with Gasteiger partial charge >= 0.3 is 0 Å². The molecule has 0 bridgehead atoms. The highest BCUT2D eigenvalue weighted by Gasteiger charge is 2.16. The Kier molecular flexibility index (Phi) is 3.81. The fourth-order valence-electron chi connectivity index (χ4n) is 3.80. The molecule has 1 aliphatic rings. The van der Waals surface area contributed by atoms with E-state index in [-0.39, 0.29) is 0 Å².